The van der Waals surface area contributed by atoms with E-state index < -0.39 is 0 Å². The predicted octanol–water partition coefficient (Wildman–Crippen LogP) is 2.11. The van der Waals surface area contributed by atoms with E-state index in [4.69, 9.17) is 4.98 Å². The fourth-order valence-corrected chi connectivity index (χ4v) is 3.69. The minimum atomic E-state index is 0.0762. The summed E-state index contributed by atoms with van der Waals surface area (Å²) in [5, 5.41) is 2.69. The van der Waals surface area contributed by atoms with Crippen molar-refractivity contribution in [1.82, 2.24) is 19.8 Å². The number of carbonyl (C=O) groups is 1. The third-order valence-electron chi connectivity index (χ3n) is 5.27. The van der Waals surface area contributed by atoms with Crippen LogP contribution in [0, 0.1) is 0 Å². The molecule has 3 aromatic rings. The molecular formula is C21H25N5O. The number of hydrogen-bond acceptors (Lipinski definition) is 4. The van der Waals surface area contributed by atoms with Crippen LogP contribution in [0.25, 0.3) is 22.4 Å². The minimum Gasteiger partial charge on any atom is -0.369 e. The Balaban J connectivity index is 1.53. The first-order valence-electron chi connectivity index (χ1n) is 9.35. The van der Waals surface area contributed by atoms with E-state index >= 15 is 0 Å². The summed E-state index contributed by atoms with van der Waals surface area (Å²) in [7, 11) is 3.75. The monoisotopic (exact) mass is 363 g/mol. The van der Waals surface area contributed by atoms with E-state index in [2.05, 4.69) is 57.1 Å². The summed E-state index contributed by atoms with van der Waals surface area (Å²) in [6.07, 6.45) is 0. The number of imidazole rings is 1. The van der Waals surface area contributed by atoms with Gasteiger partial charge >= 0.3 is 0 Å². The van der Waals surface area contributed by atoms with Crippen molar-refractivity contribution in [1.29, 1.82) is 0 Å². The molecule has 1 aromatic heterocycles. The average molecular weight is 363 g/mol. The Hall–Kier alpha value is -2.86. The van der Waals surface area contributed by atoms with Crippen molar-refractivity contribution < 1.29 is 4.79 Å². The molecular weight excluding hydrogens is 338 g/mol. The Kier molecular flexibility index (Phi) is 4.81. The molecule has 0 unspecified atom stereocenters. The summed E-state index contributed by atoms with van der Waals surface area (Å²) in [6.45, 7) is 4.10. The fourth-order valence-electron chi connectivity index (χ4n) is 3.69. The molecule has 1 fully saturated rings. The lowest BCUT2D eigenvalue weighted by Gasteiger charge is -2.35. The van der Waals surface area contributed by atoms with E-state index in [9.17, 15) is 4.79 Å². The quantitative estimate of drug-likeness (QED) is 0.771. The van der Waals surface area contributed by atoms with Crippen LogP contribution < -0.4 is 10.2 Å². The zero-order valence-electron chi connectivity index (χ0n) is 15.9. The number of fused-ring (bicyclic) bond motifs is 1. The van der Waals surface area contributed by atoms with Crippen LogP contribution >= 0.6 is 0 Å². The molecule has 0 radical (unpaired) electrons. The Morgan fingerprint density at radius 3 is 2.59 bits per heavy atom. The van der Waals surface area contributed by atoms with Gasteiger partial charge in [-0.2, -0.15) is 0 Å². The molecule has 0 saturated carbocycles. The zero-order chi connectivity index (χ0) is 18.8. The van der Waals surface area contributed by atoms with Crippen molar-refractivity contribution in [3.63, 3.8) is 0 Å². The van der Waals surface area contributed by atoms with E-state index in [1.807, 2.05) is 18.2 Å². The molecule has 0 spiro atoms. The number of para-hydroxylation sites is 2. The number of amides is 1. The second kappa shape index (κ2) is 7.40. The normalized spacial score (nSPS) is 15.3. The lowest BCUT2D eigenvalue weighted by Crippen LogP contribution is -2.49. The van der Waals surface area contributed by atoms with Gasteiger partial charge in [-0.1, -0.05) is 24.3 Å². The number of nitrogens with zero attached hydrogens (tertiary/aromatic N) is 4. The number of rotatable bonds is 4. The second-order valence-corrected chi connectivity index (χ2v) is 6.97. The van der Waals surface area contributed by atoms with E-state index in [1.54, 1.807) is 7.05 Å². The molecule has 0 bridgehead atoms. The molecule has 6 nitrogen and oxygen atoms in total. The first-order valence-corrected chi connectivity index (χ1v) is 9.35. The van der Waals surface area contributed by atoms with Crippen LogP contribution in [0.1, 0.15) is 0 Å². The number of anilines is 1. The highest BCUT2D eigenvalue weighted by atomic mass is 16.1. The van der Waals surface area contributed by atoms with Gasteiger partial charge in [0.25, 0.3) is 0 Å². The number of aromatic nitrogens is 2. The summed E-state index contributed by atoms with van der Waals surface area (Å²) in [6, 6.07) is 16.8. The molecule has 140 valence electrons. The average Bonchev–Trinajstić information content (AvgIpc) is 3.05. The lowest BCUT2D eigenvalue weighted by atomic mass is 10.1. The number of likely N-dealkylation sites (N-methyl/N-ethyl adjacent to an activating group) is 1. The van der Waals surface area contributed by atoms with Crippen molar-refractivity contribution >= 4 is 22.6 Å². The number of carbonyl (C=O) groups excluding carboxylic acids is 1. The molecule has 4 rings (SSSR count). The third kappa shape index (κ3) is 3.53. The van der Waals surface area contributed by atoms with Crippen molar-refractivity contribution in [2.75, 3.05) is 44.7 Å². The van der Waals surface area contributed by atoms with Crippen molar-refractivity contribution in [2.24, 2.45) is 7.05 Å². The van der Waals surface area contributed by atoms with Gasteiger partial charge in [-0.15, -0.1) is 0 Å². The largest absolute Gasteiger partial charge is 0.369 e. The van der Waals surface area contributed by atoms with Crippen molar-refractivity contribution in [2.45, 2.75) is 0 Å². The molecule has 1 N–H and O–H groups in total. The summed E-state index contributed by atoms with van der Waals surface area (Å²) >= 11 is 0. The van der Waals surface area contributed by atoms with Gasteiger partial charge < -0.3 is 14.8 Å². The van der Waals surface area contributed by atoms with Gasteiger partial charge in [-0.3, -0.25) is 9.69 Å². The zero-order valence-corrected chi connectivity index (χ0v) is 15.9. The maximum atomic E-state index is 11.6. The number of aryl methyl sites for hydroxylation is 1. The van der Waals surface area contributed by atoms with Gasteiger partial charge in [0.1, 0.15) is 5.82 Å². The Labute approximate surface area is 159 Å². The molecule has 1 amide bonds. The van der Waals surface area contributed by atoms with E-state index in [-0.39, 0.29) is 5.91 Å². The maximum absolute atomic E-state index is 11.6. The summed E-state index contributed by atoms with van der Waals surface area (Å²) in [4.78, 5) is 21.0. The van der Waals surface area contributed by atoms with Crippen LogP contribution in [-0.2, 0) is 11.8 Å². The van der Waals surface area contributed by atoms with Crippen LogP contribution in [0.5, 0.6) is 0 Å². The molecule has 0 atom stereocenters. The highest BCUT2D eigenvalue weighted by Gasteiger charge is 2.19. The van der Waals surface area contributed by atoms with Crippen LogP contribution in [-0.4, -0.2) is 60.1 Å². The molecule has 1 aliphatic heterocycles. The number of hydrogen-bond donors (Lipinski definition) is 1. The van der Waals surface area contributed by atoms with Gasteiger partial charge in [0.15, 0.2) is 0 Å². The molecule has 1 aliphatic rings. The van der Waals surface area contributed by atoms with Gasteiger partial charge in [0.2, 0.25) is 5.91 Å². The van der Waals surface area contributed by atoms with Crippen LogP contribution in [0.3, 0.4) is 0 Å². The summed E-state index contributed by atoms with van der Waals surface area (Å²) in [5.74, 6) is 1.06. The van der Waals surface area contributed by atoms with E-state index in [0.717, 1.165) is 48.6 Å². The van der Waals surface area contributed by atoms with Crippen LogP contribution in [0.4, 0.5) is 5.69 Å². The number of nitrogens with one attached hydrogen (secondary N) is 1. The standard InChI is InChI=1S/C21H25N5O/c1-22-20(27)15-25-10-12-26(13-11-25)17-7-5-6-16(14-17)21-23-18-8-3-4-9-19(18)24(21)2/h3-9,14H,10-13,15H2,1-2H3,(H,22,27). The predicted molar refractivity (Wildman–Crippen MR) is 109 cm³/mol. The Morgan fingerprint density at radius 1 is 1.07 bits per heavy atom. The second-order valence-electron chi connectivity index (χ2n) is 6.97. The fraction of sp³-hybridized carbons (Fsp3) is 0.333. The van der Waals surface area contributed by atoms with Gasteiger partial charge in [0.05, 0.1) is 17.6 Å². The molecule has 1 saturated heterocycles. The lowest BCUT2D eigenvalue weighted by molar-refractivity contribution is -0.121. The van der Waals surface area contributed by atoms with E-state index in [0.29, 0.717) is 6.54 Å². The first kappa shape index (κ1) is 17.5. The van der Waals surface area contributed by atoms with Crippen molar-refractivity contribution in [3.8, 4) is 11.4 Å². The highest BCUT2D eigenvalue weighted by molar-refractivity contribution is 5.81. The molecule has 6 heteroatoms. The van der Waals surface area contributed by atoms with Gasteiger partial charge in [0, 0.05) is 51.5 Å². The van der Waals surface area contributed by atoms with Crippen LogP contribution in [0.15, 0.2) is 48.5 Å². The van der Waals surface area contributed by atoms with Gasteiger partial charge in [-0.25, -0.2) is 4.98 Å². The smallest absolute Gasteiger partial charge is 0.233 e. The highest BCUT2D eigenvalue weighted by Crippen LogP contribution is 2.27. The molecule has 2 heterocycles. The number of piperazine rings is 1. The Bertz CT molecular complexity index is 956. The third-order valence-corrected chi connectivity index (χ3v) is 5.27. The molecule has 2 aromatic carbocycles. The Morgan fingerprint density at radius 2 is 1.85 bits per heavy atom. The maximum Gasteiger partial charge on any atom is 0.233 e. The summed E-state index contributed by atoms with van der Waals surface area (Å²) < 4.78 is 2.15. The molecule has 0 aliphatic carbocycles. The number of benzene rings is 2. The minimum absolute atomic E-state index is 0.0762. The topological polar surface area (TPSA) is 53.4 Å². The summed E-state index contributed by atoms with van der Waals surface area (Å²) in [5.41, 5.74) is 4.49. The SMILES string of the molecule is CNC(=O)CN1CCN(c2cccc(-c3nc4ccccc4n3C)c2)CC1. The molecule has 27 heavy (non-hydrogen) atoms. The van der Waals surface area contributed by atoms with Crippen LogP contribution in [0.2, 0.25) is 0 Å². The van der Waals surface area contributed by atoms with Crippen molar-refractivity contribution in [3.05, 3.63) is 48.5 Å². The van der Waals surface area contributed by atoms with E-state index in [1.165, 1.54) is 5.69 Å². The first-order chi connectivity index (χ1) is 13.2. The van der Waals surface area contributed by atoms with Gasteiger partial charge in [-0.05, 0) is 24.3 Å².